The van der Waals surface area contributed by atoms with Crippen molar-refractivity contribution < 1.29 is 14.3 Å². The number of thiophene rings is 1. The summed E-state index contributed by atoms with van der Waals surface area (Å²) in [7, 11) is 3.16. The lowest BCUT2D eigenvalue weighted by Gasteiger charge is -2.21. The first-order valence-corrected chi connectivity index (χ1v) is 9.82. The lowest BCUT2D eigenvalue weighted by atomic mass is 10.2. The van der Waals surface area contributed by atoms with Gasteiger partial charge in [-0.2, -0.15) is 0 Å². The van der Waals surface area contributed by atoms with E-state index in [-0.39, 0.29) is 18.1 Å². The van der Waals surface area contributed by atoms with Gasteiger partial charge in [0.1, 0.15) is 17.2 Å². The maximum Gasteiger partial charge on any atom is 0.352 e. The summed E-state index contributed by atoms with van der Waals surface area (Å²) in [6.07, 6.45) is 0. The number of hydrogen-bond acceptors (Lipinski definition) is 7. The third kappa shape index (κ3) is 3.67. The summed E-state index contributed by atoms with van der Waals surface area (Å²) >= 11 is 1.58. The number of aryl methyl sites for hydroxylation is 3. The molecule has 0 N–H and O–H groups in total. The van der Waals surface area contributed by atoms with Crippen LogP contribution < -0.4 is 5.69 Å². The molecule has 0 saturated carbocycles. The average Bonchev–Trinajstić information content (AvgIpc) is 3.12. The molecule has 0 aliphatic heterocycles. The molecule has 3 aromatic heterocycles. The second kappa shape index (κ2) is 8.38. The van der Waals surface area contributed by atoms with Gasteiger partial charge in [-0.25, -0.2) is 18.9 Å². The number of aromatic nitrogens is 4. The second-order valence-corrected chi connectivity index (χ2v) is 7.79. The number of hydrogen-bond donors (Lipinski definition) is 0. The van der Waals surface area contributed by atoms with Gasteiger partial charge in [0.2, 0.25) is 5.91 Å². The Labute approximate surface area is 166 Å². The maximum absolute atomic E-state index is 12.9. The molecule has 0 aliphatic rings. The summed E-state index contributed by atoms with van der Waals surface area (Å²) < 4.78 is 12.8. The van der Waals surface area contributed by atoms with E-state index in [2.05, 4.69) is 10.1 Å². The Morgan fingerprint density at radius 3 is 2.39 bits per heavy atom. The molecule has 9 nitrogen and oxygen atoms in total. The molecule has 0 unspecified atom stereocenters. The van der Waals surface area contributed by atoms with E-state index in [1.165, 1.54) is 9.08 Å². The highest BCUT2D eigenvalue weighted by Gasteiger charge is 2.21. The Kier molecular flexibility index (Phi) is 6.11. The number of methoxy groups -OCH3 is 2. The molecule has 3 rings (SSSR count). The van der Waals surface area contributed by atoms with Crippen LogP contribution in [0.1, 0.15) is 16.3 Å². The SMILES string of the molecule is COCCN(CCOC)C(=O)Cn1nc2c3c(C)c(C)sc3nc(C)n2c1=O. The highest BCUT2D eigenvalue weighted by molar-refractivity contribution is 7.18. The largest absolute Gasteiger partial charge is 0.383 e. The van der Waals surface area contributed by atoms with Crippen molar-refractivity contribution in [3.63, 3.8) is 0 Å². The monoisotopic (exact) mass is 407 g/mol. The lowest BCUT2D eigenvalue weighted by Crippen LogP contribution is -2.40. The second-order valence-electron chi connectivity index (χ2n) is 6.59. The highest BCUT2D eigenvalue weighted by Crippen LogP contribution is 2.31. The highest BCUT2D eigenvalue weighted by atomic mass is 32.1. The molecule has 0 aromatic carbocycles. The van der Waals surface area contributed by atoms with Crippen LogP contribution in [0.4, 0.5) is 0 Å². The lowest BCUT2D eigenvalue weighted by molar-refractivity contribution is -0.133. The van der Waals surface area contributed by atoms with Gasteiger partial charge < -0.3 is 14.4 Å². The van der Waals surface area contributed by atoms with Gasteiger partial charge >= 0.3 is 5.69 Å². The van der Waals surface area contributed by atoms with E-state index in [1.807, 2.05) is 13.8 Å². The third-order valence-corrected chi connectivity index (χ3v) is 5.89. The van der Waals surface area contributed by atoms with Gasteiger partial charge in [-0.15, -0.1) is 16.4 Å². The number of fused-ring (bicyclic) bond motifs is 3. The quantitative estimate of drug-likeness (QED) is 0.556. The predicted octanol–water partition coefficient (Wildman–Crippen LogP) is 1.15. The summed E-state index contributed by atoms with van der Waals surface area (Å²) in [5, 5.41) is 5.35. The van der Waals surface area contributed by atoms with Gasteiger partial charge in [0, 0.05) is 32.2 Å². The Hall–Kier alpha value is -2.30. The predicted molar refractivity (Wildman–Crippen MR) is 107 cm³/mol. The minimum atomic E-state index is -0.364. The van der Waals surface area contributed by atoms with Gasteiger partial charge in [0.15, 0.2) is 5.65 Å². The number of carbonyl (C=O) groups is 1. The average molecular weight is 407 g/mol. The van der Waals surface area contributed by atoms with Crippen molar-refractivity contribution in [2.24, 2.45) is 0 Å². The summed E-state index contributed by atoms with van der Waals surface area (Å²) in [4.78, 5) is 33.8. The van der Waals surface area contributed by atoms with Crippen LogP contribution in [0.2, 0.25) is 0 Å². The molecule has 0 spiro atoms. The minimum absolute atomic E-state index is 0.142. The van der Waals surface area contributed by atoms with Crippen LogP contribution in [-0.4, -0.2) is 70.5 Å². The van der Waals surface area contributed by atoms with E-state index in [0.29, 0.717) is 37.8 Å². The Morgan fingerprint density at radius 1 is 1.14 bits per heavy atom. The molecule has 10 heteroatoms. The normalized spacial score (nSPS) is 11.6. The van der Waals surface area contributed by atoms with E-state index < -0.39 is 0 Å². The van der Waals surface area contributed by atoms with Crippen LogP contribution in [0.5, 0.6) is 0 Å². The number of ether oxygens (including phenoxy) is 2. The van der Waals surface area contributed by atoms with Crippen molar-refractivity contribution in [2.45, 2.75) is 27.3 Å². The Bertz CT molecular complexity index is 1060. The van der Waals surface area contributed by atoms with Crippen molar-refractivity contribution in [1.29, 1.82) is 0 Å². The van der Waals surface area contributed by atoms with Gasteiger partial charge in [-0.05, 0) is 26.3 Å². The van der Waals surface area contributed by atoms with E-state index in [0.717, 1.165) is 20.7 Å². The van der Waals surface area contributed by atoms with Gasteiger partial charge in [0.25, 0.3) is 0 Å². The summed E-state index contributed by atoms with van der Waals surface area (Å²) in [5.41, 5.74) is 1.24. The summed E-state index contributed by atoms with van der Waals surface area (Å²) in [6, 6.07) is 0. The molecule has 3 aromatic rings. The molecule has 152 valence electrons. The Balaban J connectivity index is 2.00. The number of amides is 1. The van der Waals surface area contributed by atoms with E-state index >= 15 is 0 Å². The molecule has 28 heavy (non-hydrogen) atoms. The first-order valence-electron chi connectivity index (χ1n) is 9.00. The zero-order valence-electron chi connectivity index (χ0n) is 16.8. The van der Waals surface area contributed by atoms with Crippen molar-refractivity contribution in [2.75, 3.05) is 40.5 Å². The first kappa shape index (κ1) is 20.4. The maximum atomic E-state index is 12.9. The minimum Gasteiger partial charge on any atom is -0.383 e. The third-order valence-electron chi connectivity index (χ3n) is 4.79. The summed E-state index contributed by atoms with van der Waals surface area (Å²) in [6.45, 7) is 7.32. The van der Waals surface area contributed by atoms with Gasteiger partial charge in [0.05, 0.1) is 18.6 Å². The van der Waals surface area contributed by atoms with Crippen LogP contribution in [0.25, 0.3) is 15.9 Å². The van der Waals surface area contributed by atoms with Crippen molar-refractivity contribution in [3.05, 3.63) is 26.7 Å². The molecule has 1 amide bonds. The fourth-order valence-electron chi connectivity index (χ4n) is 3.10. The molecule has 0 fully saturated rings. The number of carbonyl (C=O) groups excluding carboxylic acids is 1. The van der Waals surface area contributed by atoms with E-state index in [9.17, 15) is 9.59 Å². The van der Waals surface area contributed by atoms with E-state index in [1.54, 1.807) is 37.4 Å². The van der Waals surface area contributed by atoms with Gasteiger partial charge in [-0.1, -0.05) is 0 Å². The molecule has 0 radical (unpaired) electrons. The standard InChI is InChI=1S/C18H25N5O4S/c1-11-12(2)28-17-15(11)16-20-22(18(25)23(16)13(3)19-17)10-14(24)21(6-8-26-4)7-9-27-5/h6-10H2,1-5H3. The van der Waals surface area contributed by atoms with Crippen LogP contribution in [-0.2, 0) is 20.8 Å². The van der Waals surface area contributed by atoms with Gasteiger partial charge in [-0.3, -0.25) is 4.79 Å². The molecule has 0 aliphatic carbocycles. The van der Waals surface area contributed by atoms with Crippen molar-refractivity contribution in [3.8, 4) is 0 Å². The number of nitrogens with zero attached hydrogens (tertiary/aromatic N) is 5. The molecule has 0 bridgehead atoms. The van der Waals surface area contributed by atoms with Crippen LogP contribution in [0.3, 0.4) is 0 Å². The molecule has 3 heterocycles. The zero-order valence-corrected chi connectivity index (χ0v) is 17.6. The summed E-state index contributed by atoms with van der Waals surface area (Å²) in [5.74, 6) is 0.350. The fraction of sp³-hybridized carbons (Fsp3) is 0.556. The molecule has 0 saturated heterocycles. The van der Waals surface area contributed by atoms with Crippen molar-refractivity contribution in [1.82, 2.24) is 24.1 Å². The smallest absolute Gasteiger partial charge is 0.352 e. The molecule has 0 atom stereocenters. The topological polar surface area (TPSA) is 91.0 Å². The molecular weight excluding hydrogens is 382 g/mol. The van der Waals surface area contributed by atoms with Crippen LogP contribution in [0, 0.1) is 20.8 Å². The Morgan fingerprint density at radius 2 is 1.79 bits per heavy atom. The first-order chi connectivity index (χ1) is 13.4. The van der Waals surface area contributed by atoms with E-state index in [4.69, 9.17) is 9.47 Å². The zero-order chi connectivity index (χ0) is 20.4. The van der Waals surface area contributed by atoms with Crippen LogP contribution >= 0.6 is 11.3 Å². The van der Waals surface area contributed by atoms with Crippen LogP contribution in [0.15, 0.2) is 4.79 Å². The number of rotatable bonds is 8. The molecular formula is C18H25N5O4S. The van der Waals surface area contributed by atoms with Crippen molar-refractivity contribution >= 4 is 33.1 Å². The fourth-order valence-corrected chi connectivity index (χ4v) is 4.17.